The second-order valence-corrected chi connectivity index (χ2v) is 5.81. The van der Waals surface area contributed by atoms with Crippen LogP contribution < -0.4 is 14.8 Å². The Labute approximate surface area is 169 Å². The van der Waals surface area contributed by atoms with Gasteiger partial charge in [0.2, 0.25) is 0 Å². The number of benzene rings is 2. The number of hydrogen-bond donors (Lipinski definition) is 1. The van der Waals surface area contributed by atoms with Crippen molar-refractivity contribution in [2.24, 2.45) is 0 Å². The van der Waals surface area contributed by atoms with Gasteiger partial charge in [0.05, 0.1) is 41.4 Å². The predicted octanol–water partition coefficient (Wildman–Crippen LogP) is 2.62. The summed E-state index contributed by atoms with van der Waals surface area (Å²) in [6.45, 7) is 0.680. The van der Waals surface area contributed by atoms with E-state index >= 15 is 0 Å². The van der Waals surface area contributed by atoms with Gasteiger partial charge in [-0.3, -0.25) is 25.0 Å². The van der Waals surface area contributed by atoms with Crippen LogP contribution in [0.2, 0.25) is 0 Å². The van der Waals surface area contributed by atoms with Crippen LogP contribution in [-0.2, 0) is 9.53 Å². The van der Waals surface area contributed by atoms with Gasteiger partial charge in [0.15, 0.2) is 18.1 Å². The van der Waals surface area contributed by atoms with Crippen molar-refractivity contribution in [2.45, 2.75) is 6.92 Å². The van der Waals surface area contributed by atoms with E-state index < -0.39 is 39.6 Å². The number of methoxy groups -OCH3 is 2. The minimum absolute atomic E-state index is 0.0413. The number of nitrogens with zero attached hydrogens (tertiary/aromatic N) is 2. The molecule has 0 aliphatic rings. The number of carbonyl (C=O) groups is 2. The monoisotopic (exact) mass is 419 g/mol. The third kappa shape index (κ3) is 4.79. The number of amides is 1. The summed E-state index contributed by atoms with van der Waals surface area (Å²) >= 11 is 0. The Morgan fingerprint density at radius 3 is 2.17 bits per heavy atom. The number of hydrogen-bond acceptors (Lipinski definition) is 9. The molecule has 12 heteroatoms. The summed E-state index contributed by atoms with van der Waals surface area (Å²) in [5.41, 5.74) is -0.824. The van der Waals surface area contributed by atoms with Crippen LogP contribution in [0.15, 0.2) is 30.3 Å². The zero-order valence-corrected chi connectivity index (χ0v) is 16.2. The Hall–Kier alpha value is -4.22. The van der Waals surface area contributed by atoms with Crippen molar-refractivity contribution in [3.8, 4) is 11.5 Å². The molecule has 0 saturated heterocycles. The molecule has 30 heavy (non-hydrogen) atoms. The van der Waals surface area contributed by atoms with Crippen LogP contribution in [0.4, 0.5) is 17.1 Å². The van der Waals surface area contributed by atoms with Crippen LogP contribution >= 0.6 is 0 Å². The van der Waals surface area contributed by atoms with E-state index in [0.29, 0.717) is 0 Å². The highest BCUT2D eigenvalue weighted by molar-refractivity contribution is 5.98. The van der Waals surface area contributed by atoms with E-state index in [9.17, 15) is 29.8 Å². The van der Waals surface area contributed by atoms with Gasteiger partial charge in [-0.05, 0) is 13.0 Å². The van der Waals surface area contributed by atoms with Crippen LogP contribution in [0.5, 0.6) is 11.5 Å². The van der Waals surface area contributed by atoms with Gasteiger partial charge in [0, 0.05) is 12.1 Å². The van der Waals surface area contributed by atoms with Crippen molar-refractivity contribution in [2.75, 3.05) is 26.1 Å². The number of esters is 1. The molecule has 2 rings (SSSR count). The molecule has 12 nitrogen and oxygen atoms in total. The first-order valence-electron chi connectivity index (χ1n) is 8.31. The first kappa shape index (κ1) is 22.1. The highest BCUT2D eigenvalue weighted by atomic mass is 16.6. The summed E-state index contributed by atoms with van der Waals surface area (Å²) in [5, 5.41) is 24.6. The maximum Gasteiger partial charge on any atom is 0.345 e. The van der Waals surface area contributed by atoms with Gasteiger partial charge < -0.3 is 19.5 Å². The van der Waals surface area contributed by atoms with Crippen molar-refractivity contribution in [3.63, 3.8) is 0 Å². The number of anilines is 1. The van der Waals surface area contributed by atoms with Gasteiger partial charge in [-0.15, -0.1) is 0 Å². The van der Waals surface area contributed by atoms with E-state index in [1.165, 1.54) is 39.3 Å². The smallest absolute Gasteiger partial charge is 0.345 e. The summed E-state index contributed by atoms with van der Waals surface area (Å²) in [6, 6.07) is 6.19. The molecule has 1 N–H and O–H groups in total. The summed E-state index contributed by atoms with van der Waals surface area (Å²) < 4.78 is 14.8. The lowest BCUT2D eigenvalue weighted by molar-refractivity contribution is -0.385. The average molecular weight is 419 g/mol. The Morgan fingerprint density at radius 1 is 1.00 bits per heavy atom. The molecule has 158 valence electrons. The Morgan fingerprint density at radius 2 is 1.60 bits per heavy atom. The summed E-state index contributed by atoms with van der Waals surface area (Å²) in [7, 11) is 2.56. The van der Waals surface area contributed by atoms with Gasteiger partial charge in [0.25, 0.3) is 17.3 Å². The Bertz CT molecular complexity index is 1020. The van der Waals surface area contributed by atoms with Crippen molar-refractivity contribution < 1.29 is 33.6 Å². The Balaban J connectivity index is 2.16. The molecular formula is C18H17N3O9. The van der Waals surface area contributed by atoms with Crippen LogP contribution in [0.1, 0.15) is 15.9 Å². The molecule has 0 aliphatic heterocycles. The molecular weight excluding hydrogens is 402 g/mol. The van der Waals surface area contributed by atoms with Crippen LogP contribution in [-0.4, -0.2) is 42.5 Å². The summed E-state index contributed by atoms with van der Waals surface area (Å²) in [5.74, 6) is -1.81. The quantitative estimate of drug-likeness (QED) is 0.385. The van der Waals surface area contributed by atoms with Gasteiger partial charge in [-0.2, -0.15) is 0 Å². The van der Waals surface area contributed by atoms with E-state index in [0.717, 1.165) is 12.1 Å². The standard InChI is InChI=1S/C18H17N3O9/c1-10-12(5-4-6-13(10)20(24)25)19-17(22)9-30-18(23)11-7-15(28-2)16(29-3)8-14(11)21(26)27/h4-8H,9H2,1-3H3,(H,19,22). The largest absolute Gasteiger partial charge is 0.493 e. The van der Waals surface area contributed by atoms with Gasteiger partial charge in [-0.25, -0.2) is 4.79 Å². The molecule has 0 atom stereocenters. The number of nitrogens with one attached hydrogen (secondary N) is 1. The fourth-order valence-corrected chi connectivity index (χ4v) is 2.53. The number of carbonyl (C=O) groups excluding carboxylic acids is 2. The van der Waals surface area contributed by atoms with Crippen molar-refractivity contribution in [1.29, 1.82) is 0 Å². The average Bonchev–Trinajstić information content (AvgIpc) is 2.72. The highest BCUT2D eigenvalue weighted by Gasteiger charge is 2.26. The van der Waals surface area contributed by atoms with Crippen LogP contribution in [0.3, 0.4) is 0 Å². The van der Waals surface area contributed by atoms with E-state index in [4.69, 9.17) is 14.2 Å². The predicted molar refractivity (Wildman–Crippen MR) is 103 cm³/mol. The summed E-state index contributed by atoms with van der Waals surface area (Å²) in [4.78, 5) is 45.2. The minimum atomic E-state index is -1.13. The molecule has 1 amide bonds. The Kier molecular flexibility index (Phi) is 6.86. The van der Waals surface area contributed by atoms with E-state index in [1.54, 1.807) is 0 Å². The summed E-state index contributed by atoms with van der Waals surface area (Å²) in [6.07, 6.45) is 0. The minimum Gasteiger partial charge on any atom is -0.493 e. The molecule has 0 unspecified atom stereocenters. The molecule has 0 spiro atoms. The molecule has 0 radical (unpaired) electrons. The normalized spacial score (nSPS) is 10.1. The maximum absolute atomic E-state index is 12.3. The van der Waals surface area contributed by atoms with E-state index in [2.05, 4.69) is 5.32 Å². The van der Waals surface area contributed by atoms with Crippen molar-refractivity contribution >= 4 is 28.9 Å². The van der Waals surface area contributed by atoms with Gasteiger partial charge in [-0.1, -0.05) is 6.07 Å². The topological polar surface area (TPSA) is 160 Å². The first-order chi connectivity index (χ1) is 14.2. The second kappa shape index (κ2) is 9.32. The van der Waals surface area contributed by atoms with E-state index in [1.807, 2.05) is 0 Å². The molecule has 0 saturated carbocycles. The number of nitro benzene ring substituents is 2. The van der Waals surface area contributed by atoms with Crippen LogP contribution in [0.25, 0.3) is 0 Å². The molecule has 2 aromatic carbocycles. The van der Waals surface area contributed by atoms with Gasteiger partial charge in [0.1, 0.15) is 5.56 Å². The zero-order chi connectivity index (χ0) is 22.4. The van der Waals surface area contributed by atoms with Crippen LogP contribution in [0, 0.1) is 27.2 Å². The maximum atomic E-state index is 12.3. The molecule has 0 fully saturated rings. The SMILES string of the molecule is COc1cc(C(=O)OCC(=O)Nc2cccc([N+](=O)[O-])c2C)c([N+](=O)[O-])cc1OC. The zero-order valence-electron chi connectivity index (χ0n) is 16.2. The van der Waals surface area contributed by atoms with Crippen molar-refractivity contribution in [3.05, 3.63) is 61.7 Å². The fourth-order valence-electron chi connectivity index (χ4n) is 2.53. The number of rotatable bonds is 8. The van der Waals surface area contributed by atoms with Gasteiger partial charge >= 0.3 is 5.97 Å². The molecule has 0 heterocycles. The number of nitro groups is 2. The third-order valence-electron chi connectivity index (χ3n) is 4.03. The lowest BCUT2D eigenvalue weighted by Crippen LogP contribution is -2.22. The first-order valence-corrected chi connectivity index (χ1v) is 8.31. The third-order valence-corrected chi connectivity index (χ3v) is 4.03. The van der Waals surface area contributed by atoms with Crippen molar-refractivity contribution in [1.82, 2.24) is 0 Å². The fraction of sp³-hybridized carbons (Fsp3) is 0.222. The lowest BCUT2D eigenvalue weighted by Gasteiger charge is -2.11. The molecule has 2 aromatic rings. The molecule has 0 aromatic heterocycles. The lowest BCUT2D eigenvalue weighted by atomic mass is 10.1. The number of ether oxygens (including phenoxy) is 3. The highest BCUT2D eigenvalue weighted by Crippen LogP contribution is 2.34. The molecule has 0 bridgehead atoms. The second-order valence-electron chi connectivity index (χ2n) is 5.81. The van der Waals surface area contributed by atoms with E-state index in [-0.39, 0.29) is 28.4 Å². The molecule has 0 aliphatic carbocycles.